The Morgan fingerprint density at radius 3 is 2.83 bits per heavy atom. The molecule has 0 radical (unpaired) electrons. The molecule has 0 fully saturated rings. The molecule has 0 unspecified atom stereocenters. The van der Waals surface area contributed by atoms with E-state index in [1.54, 1.807) is 35.4 Å². The maximum atomic E-state index is 10.7. The van der Waals surface area contributed by atoms with Crippen LogP contribution in [0.1, 0.15) is 10.4 Å². The van der Waals surface area contributed by atoms with Crippen LogP contribution in [0.5, 0.6) is 0 Å². The summed E-state index contributed by atoms with van der Waals surface area (Å²) in [6.07, 6.45) is 8.74. The largest absolute Gasteiger partial charge is 0.298 e. The van der Waals surface area contributed by atoms with Crippen LogP contribution in [0.4, 0.5) is 0 Å². The molecule has 0 amide bonds. The van der Waals surface area contributed by atoms with Crippen molar-refractivity contribution in [2.75, 3.05) is 0 Å². The van der Waals surface area contributed by atoms with Gasteiger partial charge in [0.25, 0.3) is 0 Å². The molecule has 0 aliphatic heterocycles. The Bertz CT molecular complexity index is 724. The fourth-order valence-electron chi connectivity index (χ4n) is 1.74. The number of carbonyl (C=O) groups excluding carboxylic acids is 1. The molecule has 6 heteroatoms. The quantitative estimate of drug-likeness (QED) is 0.662. The Morgan fingerprint density at radius 2 is 2.11 bits per heavy atom. The number of aldehydes is 1. The first kappa shape index (κ1) is 10.9. The van der Waals surface area contributed by atoms with Gasteiger partial charge in [-0.3, -0.25) is 14.3 Å². The van der Waals surface area contributed by atoms with Crippen LogP contribution in [0.15, 0.2) is 37.1 Å². The molecule has 88 valence electrons. The van der Waals surface area contributed by atoms with Crippen molar-refractivity contribution in [3.63, 3.8) is 0 Å². The molecule has 3 aromatic rings. The SMILES string of the molecule is O=Cc1cnc2c(c1)c(Cl)cn2-c1cnccn1. The lowest BCUT2D eigenvalue weighted by Crippen LogP contribution is -1.97. The van der Waals surface area contributed by atoms with E-state index in [9.17, 15) is 4.79 Å². The van der Waals surface area contributed by atoms with Crippen molar-refractivity contribution >= 4 is 28.9 Å². The molecule has 0 saturated heterocycles. The molecule has 3 rings (SSSR count). The van der Waals surface area contributed by atoms with Crippen LogP contribution in [0, 0.1) is 0 Å². The van der Waals surface area contributed by atoms with E-state index in [1.165, 1.54) is 6.20 Å². The molecule has 0 spiro atoms. The summed E-state index contributed by atoms with van der Waals surface area (Å²) in [5.74, 6) is 0.626. The lowest BCUT2D eigenvalue weighted by atomic mass is 10.2. The molecule has 0 aliphatic rings. The highest BCUT2D eigenvalue weighted by atomic mass is 35.5. The summed E-state index contributed by atoms with van der Waals surface area (Å²) in [5, 5.41) is 1.23. The maximum absolute atomic E-state index is 10.7. The zero-order valence-electron chi connectivity index (χ0n) is 9.12. The molecule has 0 aromatic carbocycles. The maximum Gasteiger partial charge on any atom is 0.156 e. The summed E-state index contributed by atoms with van der Waals surface area (Å²) in [4.78, 5) is 23.1. The molecule has 0 saturated carbocycles. The van der Waals surface area contributed by atoms with E-state index in [0.717, 1.165) is 6.29 Å². The van der Waals surface area contributed by atoms with Gasteiger partial charge in [0.15, 0.2) is 12.1 Å². The number of aromatic nitrogens is 4. The molecule has 3 aromatic heterocycles. The van der Waals surface area contributed by atoms with Gasteiger partial charge in [0.05, 0.1) is 11.2 Å². The van der Waals surface area contributed by atoms with Gasteiger partial charge in [-0.1, -0.05) is 11.6 Å². The van der Waals surface area contributed by atoms with E-state index in [0.29, 0.717) is 27.4 Å². The van der Waals surface area contributed by atoms with Crippen molar-refractivity contribution in [3.05, 3.63) is 47.6 Å². The van der Waals surface area contributed by atoms with E-state index in [1.807, 2.05) is 0 Å². The van der Waals surface area contributed by atoms with Gasteiger partial charge in [-0.15, -0.1) is 0 Å². The number of fused-ring (bicyclic) bond motifs is 1. The van der Waals surface area contributed by atoms with Crippen molar-refractivity contribution in [1.82, 2.24) is 19.5 Å². The number of pyridine rings is 1. The van der Waals surface area contributed by atoms with E-state index >= 15 is 0 Å². The van der Waals surface area contributed by atoms with Crippen molar-refractivity contribution in [2.24, 2.45) is 0 Å². The summed E-state index contributed by atoms with van der Waals surface area (Å²) >= 11 is 6.13. The monoisotopic (exact) mass is 258 g/mol. The lowest BCUT2D eigenvalue weighted by Gasteiger charge is -2.01. The van der Waals surface area contributed by atoms with Crippen LogP contribution < -0.4 is 0 Å². The Hall–Kier alpha value is -2.27. The highest BCUT2D eigenvalue weighted by Crippen LogP contribution is 2.26. The van der Waals surface area contributed by atoms with Crippen LogP contribution in [-0.2, 0) is 0 Å². The second-order valence-corrected chi connectivity index (χ2v) is 4.08. The summed E-state index contributed by atoms with van der Waals surface area (Å²) in [7, 11) is 0. The number of nitrogens with zero attached hydrogens (tertiary/aromatic N) is 4. The Balaban J connectivity index is 2.29. The summed E-state index contributed by atoms with van der Waals surface area (Å²) in [6, 6.07) is 1.70. The van der Waals surface area contributed by atoms with Gasteiger partial charge in [0, 0.05) is 35.7 Å². The molecular formula is C12H7ClN4O. The van der Waals surface area contributed by atoms with Crippen LogP contribution in [0.25, 0.3) is 16.9 Å². The van der Waals surface area contributed by atoms with Gasteiger partial charge in [-0.05, 0) is 6.07 Å². The highest BCUT2D eigenvalue weighted by molar-refractivity contribution is 6.35. The molecule has 5 nitrogen and oxygen atoms in total. The first-order chi connectivity index (χ1) is 8.79. The Morgan fingerprint density at radius 1 is 1.22 bits per heavy atom. The summed E-state index contributed by atoms with van der Waals surface area (Å²) in [6.45, 7) is 0. The van der Waals surface area contributed by atoms with Gasteiger partial charge in [-0.25, -0.2) is 9.97 Å². The summed E-state index contributed by atoms with van der Waals surface area (Å²) < 4.78 is 1.74. The van der Waals surface area contributed by atoms with Gasteiger partial charge in [0.1, 0.15) is 5.65 Å². The topological polar surface area (TPSA) is 60.7 Å². The van der Waals surface area contributed by atoms with Crippen LogP contribution in [0.3, 0.4) is 0 Å². The summed E-state index contributed by atoms with van der Waals surface area (Å²) in [5.41, 5.74) is 1.13. The van der Waals surface area contributed by atoms with E-state index in [4.69, 9.17) is 11.6 Å². The highest BCUT2D eigenvalue weighted by Gasteiger charge is 2.11. The predicted octanol–water partition coefficient (Wildman–Crippen LogP) is 2.28. The number of hydrogen-bond acceptors (Lipinski definition) is 4. The zero-order valence-corrected chi connectivity index (χ0v) is 9.87. The second-order valence-electron chi connectivity index (χ2n) is 3.67. The van der Waals surface area contributed by atoms with Crippen molar-refractivity contribution in [1.29, 1.82) is 0 Å². The van der Waals surface area contributed by atoms with Crippen LogP contribution in [0.2, 0.25) is 5.02 Å². The first-order valence-corrected chi connectivity index (χ1v) is 5.55. The third-order valence-electron chi connectivity index (χ3n) is 2.55. The van der Waals surface area contributed by atoms with Crippen molar-refractivity contribution < 1.29 is 4.79 Å². The average molecular weight is 259 g/mol. The van der Waals surface area contributed by atoms with Gasteiger partial charge in [-0.2, -0.15) is 0 Å². The molecule has 3 heterocycles. The average Bonchev–Trinajstić information content (AvgIpc) is 2.77. The van der Waals surface area contributed by atoms with E-state index < -0.39 is 0 Å². The zero-order chi connectivity index (χ0) is 12.5. The fraction of sp³-hybridized carbons (Fsp3) is 0. The number of rotatable bonds is 2. The number of halogens is 1. The standard InChI is InChI=1S/C12H7ClN4O/c13-10-6-17(11-5-14-1-2-15-11)12-9(10)3-8(7-18)4-16-12/h1-7H. The third kappa shape index (κ3) is 1.65. The second kappa shape index (κ2) is 4.19. The van der Waals surface area contributed by atoms with E-state index in [2.05, 4.69) is 15.0 Å². The number of hydrogen-bond donors (Lipinski definition) is 0. The third-order valence-corrected chi connectivity index (χ3v) is 2.85. The normalized spacial score (nSPS) is 10.7. The van der Waals surface area contributed by atoms with E-state index in [-0.39, 0.29) is 0 Å². The van der Waals surface area contributed by atoms with Gasteiger partial charge >= 0.3 is 0 Å². The first-order valence-electron chi connectivity index (χ1n) is 5.18. The Labute approximate surface area is 107 Å². The predicted molar refractivity (Wildman–Crippen MR) is 67.1 cm³/mol. The minimum Gasteiger partial charge on any atom is -0.298 e. The minimum absolute atomic E-state index is 0.487. The van der Waals surface area contributed by atoms with Gasteiger partial charge in [0.2, 0.25) is 0 Å². The van der Waals surface area contributed by atoms with Crippen LogP contribution >= 0.6 is 11.6 Å². The Kier molecular flexibility index (Phi) is 2.53. The number of carbonyl (C=O) groups is 1. The molecule has 0 aliphatic carbocycles. The molecule has 18 heavy (non-hydrogen) atoms. The van der Waals surface area contributed by atoms with Gasteiger partial charge < -0.3 is 0 Å². The smallest absolute Gasteiger partial charge is 0.156 e. The molecular weight excluding hydrogens is 252 g/mol. The molecule has 0 atom stereocenters. The fourth-order valence-corrected chi connectivity index (χ4v) is 1.98. The van der Waals surface area contributed by atoms with Crippen molar-refractivity contribution in [3.8, 4) is 5.82 Å². The molecule has 0 N–H and O–H groups in total. The van der Waals surface area contributed by atoms with Crippen LogP contribution in [-0.4, -0.2) is 25.8 Å². The van der Waals surface area contributed by atoms with Crippen molar-refractivity contribution in [2.45, 2.75) is 0 Å². The molecule has 0 bridgehead atoms. The minimum atomic E-state index is 0.487. The lowest BCUT2D eigenvalue weighted by molar-refractivity contribution is 0.112.